The van der Waals surface area contributed by atoms with Gasteiger partial charge >= 0.3 is 0 Å². The molecule has 2 atom stereocenters. The van der Waals surface area contributed by atoms with Crippen LogP contribution in [0.15, 0.2) is 0 Å². The van der Waals surface area contributed by atoms with Crippen LogP contribution < -0.4 is 0 Å². The van der Waals surface area contributed by atoms with Crippen molar-refractivity contribution in [1.29, 1.82) is 0 Å². The lowest BCUT2D eigenvalue weighted by Crippen LogP contribution is -2.43. The van der Waals surface area contributed by atoms with Crippen molar-refractivity contribution in [3.63, 3.8) is 0 Å². The molecule has 1 rings (SSSR count). The highest BCUT2D eigenvalue weighted by atomic mass is 15.2. The van der Waals surface area contributed by atoms with E-state index in [1.54, 1.807) is 0 Å². The van der Waals surface area contributed by atoms with Crippen LogP contribution in [0.5, 0.6) is 0 Å². The molecule has 0 N–H and O–H groups in total. The summed E-state index contributed by atoms with van der Waals surface area (Å²) in [6.07, 6.45) is 4.05. The van der Waals surface area contributed by atoms with Crippen LogP contribution in [0.2, 0.25) is 0 Å². The molecule has 0 amide bonds. The van der Waals surface area contributed by atoms with Crippen molar-refractivity contribution in [3.05, 3.63) is 0 Å². The van der Waals surface area contributed by atoms with E-state index in [4.69, 9.17) is 0 Å². The smallest absolute Gasteiger partial charge is 0.0606 e. The Morgan fingerprint density at radius 3 is 2.13 bits per heavy atom. The monoisotopic (exact) mass is 207 g/mol. The average molecular weight is 207 g/mol. The predicted molar refractivity (Wildman–Crippen MR) is 66.7 cm³/mol. The van der Waals surface area contributed by atoms with Crippen LogP contribution in [0.4, 0.5) is 0 Å². The summed E-state index contributed by atoms with van der Waals surface area (Å²) in [5.41, 5.74) is 0.141. The summed E-state index contributed by atoms with van der Waals surface area (Å²) in [6, 6.07) is 1.42. The zero-order chi connectivity index (χ0) is 11.5. The predicted octanol–water partition coefficient (Wildman–Crippen LogP) is 3.30. The van der Waals surface area contributed by atoms with E-state index in [9.17, 15) is 0 Å². The van der Waals surface area contributed by atoms with E-state index in [1.807, 2.05) is 0 Å². The van der Waals surface area contributed by atoms with Gasteiger partial charge in [-0.15, -0.1) is 0 Å². The van der Waals surface area contributed by atoms with Crippen molar-refractivity contribution < 1.29 is 0 Å². The molecule has 1 nitrogen and oxygen atoms in total. The van der Waals surface area contributed by atoms with Crippen molar-refractivity contribution >= 4 is 0 Å². The summed E-state index contributed by atoms with van der Waals surface area (Å²) < 4.78 is 0. The quantitative estimate of drug-likeness (QED) is 0.596. The molecule has 0 aromatic rings. The van der Waals surface area contributed by atoms with Gasteiger partial charge in [-0.05, 0) is 47.5 Å². The van der Waals surface area contributed by atoms with Crippen molar-refractivity contribution in [3.8, 4) is 11.8 Å². The van der Waals surface area contributed by atoms with E-state index < -0.39 is 0 Å². The second kappa shape index (κ2) is 5.03. The zero-order valence-corrected chi connectivity index (χ0v) is 10.9. The van der Waals surface area contributed by atoms with Crippen LogP contribution >= 0.6 is 0 Å². The van der Waals surface area contributed by atoms with Gasteiger partial charge in [-0.1, -0.05) is 18.3 Å². The maximum Gasteiger partial charge on any atom is 0.0606 e. The molecule has 0 radical (unpaired) electrons. The average Bonchev–Trinajstić information content (AvgIpc) is 2.08. The van der Waals surface area contributed by atoms with E-state index in [-0.39, 0.29) is 5.41 Å². The molecule has 0 bridgehead atoms. The van der Waals surface area contributed by atoms with Crippen LogP contribution in [-0.2, 0) is 0 Å². The second-order valence-corrected chi connectivity index (χ2v) is 5.85. The SMILES string of the molecule is CC1CCCC(C)N1CC#CC(C)(C)C. The molecule has 0 aromatic heterocycles. The first kappa shape index (κ1) is 12.6. The molecule has 1 heterocycles. The maximum atomic E-state index is 3.33. The lowest BCUT2D eigenvalue weighted by Gasteiger charge is -2.37. The number of rotatable bonds is 1. The molecule has 86 valence electrons. The van der Waals surface area contributed by atoms with Gasteiger partial charge in [0.15, 0.2) is 0 Å². The topological polar surface area (TPSA) is 3.24 Å². The molecule has 1 saturated heterocycles. The van der Waals surface area contributed by atoms with Crippen LogP contribution in [0.25, 0.3) is 0 Å². The molecule has 0 saturated carbocycles. The third kappa shape index (κ3) is 4.26. The molecule has 1 aliphatic heterocycles. The second-order valence-electron chi connectivity index (χ2n) is 5.85. The van der Waals surface area contributed by atoms with Gasteiger partial charge in [-0.2, -0.15) is 0 Å². The first-order chi connectivity index (χ1) is 6.90. The molecule has 0 aliphatic carbocycles. The Morgan fingerprint density at radius 2 is 1.67 bits per heavy atom. The molecule has 1 heteroatoms. The van der Waals surface area contributed by atoms with Crippen LogP contribution in [-0.4, -0.2) is 23.5 Å². The Bertz CT molecular complexity index is 241. The minimum Gasteiger partial charge on any atom is -0.287 e. The van der Waals surface area contributed by atoms with Gasteiger partial charge < -0.3 is 0 Å². The molecular formula is C14H25N. The fourth-order valence-corrected chi connectivity index (χ4v) is 2.18. The first-order valence-electron chi connectivity index (χ1n) is 6.16. The Balaban J connectivity index is 2.51. The van der Waals surface area contributed by atoms with Gasteiger partial charge in [0, 0.05) is 17.5 Å². The number of piperidine rings is 1. The van der Waals surface area contributed by atoms with E-state index >= 15 is 0 Å². The van der Waals surface area contributed by atoms with Crippen molar-refractivity contribution in [1.82, 2.24) is 4.90 Å². The number of likely N-dealkylation sites (tertiary alicyclic amines) is 1. The van der Waals surface area contributed by atoms with Gasteiger partial charge in [-0.25, -0.2) is 0 Å². The number of hydrogen-bond donors (Lipinski definition) is 0. The van der Waals surface area contributed by atoms with Crippen molar-refractivity contribution in [2.45, 2.75) is 66.0 Å². The zero-order valence-electron chi connectivity index (χ0n) is 10.9. The van der Waals surface area contributed by atoms with Crippen molar-refractivity contribution in [2.24, 2.45) is 5.41 Å². The van der Waals surface area contributed by atoms with E-state index in [1.165, 1.54) is 19.3 Å². The van der Waals surface area contributed by atoms with Gasteiger partial charge in [0.05, 0.1) is 6.54 Å². The van der Waals surface area contributed by atoms with Crippen LogP contribution in [0.3, 0.4) is 0 Å². The lowest BCUT2D eigenvalue weighted by atomic mass is 9.96. The minimum absolute atomic E-state index is 0.141. The maximum absolute atomic E-state index is 3.33. The molecule has 2 unspecified atom stereocenters. The van der Waals surface area contributed by atoms with E-state index in [2.05, 4.69) is 51.4 Å². The van der Waals surface area contributed by atoms with Crippen molar-refractivity contribution in [2.75, 3.05) is 6.54 Å². The van der Waals surface area contributed by atoms with E-state index in [0.29, 0.717) is 12.1 Å². The highest BCUT2D eigenvalue weighted by molar-refractivity contribution is 5.09. The Labute approximate surface area is 95.2 Å². The van der Waals surface area contributed by atoms with Gasteiger partial charge in [0.2, 0.25) is 0 Å². The number of hydrogen-bond acceptors (Lipinski definition) is 1. The Hall–Kier alpha value is -0.480. The molecule has 1 aliphatic rings. The molecule has 0 spiro atoms. The Morgan fingerprint density at radius 1 is 1.13 bits per heavy atom. The largest absolute Gasteiger partial charge is 0.287 e. The molecule has 15 heavy (non-hydrogen) atoms. The highest BCUT2D eigenvalue weighted by Gasteiger charge is 2.23. The van der Waals surface area contributed by atoms with Crippen LogP contribution in [0.1, 0.15) is 53.9 Å². The van der Waals surface area contributed by atoms with E-state index in [0.717, 1.165) is 6.54 Å². The van der Waals surface area contributed by atoms with Gasteiger partial charge in [0.1, 0.15) is 0 Å². The summed E-state index contributed by atoms with van der Waals surface area (Å²) in [6.45, 7) is 12.1. The van der Waals surface area contributed by atoms with Gasteiger partial charge in [-0.3, -0.25) is 4.90 Å². The molecule has 1 fully saturated rings. The number of nitrogens with zero attached hydrogens (tertiary/aromatic N) is 1. The summed E-state index contributed by atoms with van der Waals surface area (Å²) in [5.74, 6) is 6.65. The lowest BCUT2D eigenvalue weighted by molar-refractivity contribution is 0.121. The fraction of sp³-hybridized carbons (Fsp3) is 0.857. The summed E-state index contributed by atoms with van der Waals surface area (Å²) in [5, 5.41) is 0. The molecular weight excluding hydrogens is 182 g/mol. The van der Waals surface area contributed by atoms with Gasteiger partial charge in [0.25, 0.3) is 0 Å². The van der Waals surface area contributed by atoms with Crippen LogP contribution in [0, 0.1) is 17.3 Å². The summed E-state index contributed by atoms with van der Waals surface area (Å²) in [7, 11) is 0. The minimum atomic E-state index is 0.141. The first-order valence-corrected chi connectivity index (χ1v) is 6.16. The molecule has 0 aromatic carbocycles. The Kier molecular flexibility index (Phi) is 4.22. The third-order valence-corrected chi connectivity index (χ3v) is 3.10. The standard InChI is InChI=1S/C14H25N/c1-12-8-6-9-13(2)15(12)11-7-10-14(3,4)5/h12-13H,6,8-9,11H2,1-5H3. The summed E-state index contributed by atoms with van der Waals surface area (Å²) >= 11 is 0. The third-order valence-electron chi connectivity index (χ3n) is 3.10. The summed E-state index contributed by atoms with van der Waals surface area (Å²) in [4.78, 5) is 2.54. The fourth-order valence-electron chi connectivity index (χ4n) is 2.18. The highest BCUT2D eigenvalue weighted by Crippen LogP contribution is 2.21. The normalized spacial score (nSPS) is 28.3.